The Morgan fingerprint density at radius 1 is 0.705 bits per heavy atom. The molecule has 0 unspecified atom stereocenters. The van der Waals surface area contributed by atoms with Gasteiger partial charge in [-0.05, 0) is 70.7 Å². The Hall–Kier alpha value is -4.01. The molecule has 327 valence electrons. The molecule has 2 aromatic heterocycles. The maximum atomic E-state index is 12.0. The van der Waals surface area contributed by atoms with Gasteiger partial charge in [-0.2, -0.15) is 0 Å². The molecule has 0 fully saturated rings. The third-order valence-electron chi connectivity index (χ3n) is 11.8. The predicted molar refractivity (Wildman–Crippen MR) is 265 cm³/mol. The van der Waals surface area contributed by atoms with Gasteiger partial charge in [-0.3, -0.25) is 4.79 Å². The van der Waals surface area contributed by atoms with E-state index in [4.69, 9.17) is 1.37 Å². The zero-order valence-electron chi connectivity index (χ0n) is 40.6. The van der Waals surface area contributed by atoms with Gasteiger partial charge in [0.2, 0.25) is 0 Å². The first-order valence-electron chi connectivity index (χ1n) is 22.3. The third kappa shape index (κ3) is 13.5. The first kappa shape index (κ1) is 49.6. The van der Waals surface area contributed by atoms with Crippen LogP contribution in [-0.4, -0.2) is 37.0 Å². The van der Waals surface area contributed by atoms with Crippen molar-refractivity contribution < 1.29 is 31.4 Å². The Morgan fingerprint density at radius 3 is 1.56 bits per heavy atom. The molecule has 6 aromatic rings. The van der Waals surface area contributed by atoms with Crippen LogP contribution in [0.5, 0.6) is 0 Å². The number of allylic oxidation sites excluding steroid dienone is 2. The Kier molecular flexibility index (Phi) is 17.8. The van der Waals surface area contributed by atoms with E-state index in [2.05, 4.69) is 149 Å². The third-order valence-corrected chi connectivity index (χ3v) is 15.9. The van der Waals surface area contributed by atoms with Crippen LogP contribution in [0.2, 0.25) is 39.3 Å². The molecule has 0 atom stereocenters. The van der Waals surface area contributed by atoms with Crippen molar-refractivity contribution in [3.63, 3.8) is 0 Å². The molecule has 0 aliphatic heterocycles. The van der Waals surface area contributed by atoms with Crippen LogP contribution < -0.4 is 10.4 Å². The van der Waals surface area contributed by atoms with E-state index in [1.807, 2.05) is 53.8 Å². The van der Waals surface area contributed by atoms with Crippen LogP contribution in [0.4, 0.5) is 0 Å². The van der Waals surface area contributed by atoms with Crippen LogP contribution in [0.15, 0.2) is 97.0 Å². The number of pyridine rings is 2. The Labute approximate surface area is 385 Å². The van der Waals surface area contributed by atoms with Gasteiger partial charge >= 0.3 is 0 Å². The molecule has 0 bridgehead atoms. The van der Waals surface area contributed by atoms with Gasteiger partial charge in [0, 0.05) is 49.9 Å². The van der Waals surface area contributed by atoms with E-state index in [-0.39, 0.29) is 43.0 Å². The second kappa shape index (κ2) is 21.9. The minimum atomic E-state index is -1.37. The van der Waals surface area contributed by atoms with Gasteiger partial charge in [0.25, 0.3) is 0 Å². The van der Waals surface area contributed by atoms with Crippen LogP contribution >= 0.6 is 0 Å². The molecule has 6 rings (SSSR count). The maximum Gasteiger partial charge on any atom is 0.164 e. The Morgan fingerprint density at radius 2 is 1.15 bits per heavy atom. The van der Waals surface area contributed by atoms with Crippen LogP contribution in [0.3, 0.4) is 0 Å². The van der Waals surface area contributed by atoms with Crippen molar-refractivity contribution in [2.45, 2.75) is 127 Å². The fourth-order valence-electron chi connectivity index (χ4n) is 7.43. The molecule has 7 heteroatoms. The summed E-state index contributed by atoms with van der Waals surface area (Å²) in [4.78, 5) is 21.2. The van der Waals surface area contributed by atoms with Crippen molar-refractivity contribution in [2.75, 3.05) is 0 Å². The molecule has 0 aliphatic carbocycles. The zero-order valence-corrected chi connectivity index (χ0v) is 44.0. The largest absolute Gasteiger partial charge is 0.512 e. The van der Waals surface area contributed by atoms with Crippen molar-refractivity contribution in [3.8, 4) is 22.5 Å². The van der Waals surface area contributed by atoms with Gasteiger partial charge in [-0.25, -0.2) is 0 Å². The summed E-state index contributed by atoms with van der Waals surface area (Å²) in [7, 11) is -2.67. The summed E-state index contributed by atoms with van der Waals surface area (Å²) in [6.45, 7) is 32.6. The molecule has 4 aromatic carbocycles. The molecule has 1 radical (unpaired) electrons. The monoisotopic (exact) mass is 1030 g/mol. The van der Waals surface area contributed by atoms with Gasteiger partial charge in [0.15, 0.2) is 5.78 Å². The Bertz CT molecular complexity index is 2470. The smallest absolute Gasteiger partial charge is 0.164 e. The molecular weight excluding hydrogens is 957 g/mol. The van der Waals surface area contributed by atoms with E-state index in [9.17, 15) is 9.90 Å². The number of hydrogen-bond acceptors (Lipinski definition) is 4. The number of ketones is 1. The van der Waals surface area contributed by atoms with Crippen LogP contribution in [0, 0.1) is 51.2 Å². The number of carbonyl (C=O) groups is 1. The first-order valence-corrected chi connectivity index (χ1v) is 28.8. The molecule has 0 spiro atoms. The normalized spacial score (nSPS) is 12.3. The molecule has 0 amide bonds. The van der Waals surface area contributed by atoms with Crippen molar-refractivity contribution in [3.05, 3.63) is 131 Å². The van der Waals surface area contributed by atoms with Crippen LogP contribution in [0.25, 0.3) is 44.1 Å². The van der Waals surface area contributed by atoms with E-state index in [0.717, 1.165) is 70.1 Å². The number of hydrogen-bond donors (Lipinski definition) is 1. The first-order chi connectivity index (χ1) is 28.5. The predicted octanol–water partition coefficient (Wildman–Crippen LogP) is 14.0. The number of rotatable bonds is 11. The van der Waals surface area contributed by atoms with Crippen molar-refractivity contribution >= 4 is 53.8 Å². The minimum absolute atomic E-state index is 0. The molecule has 61 heavy (non-hydrogen) atoms. The summed E-state index contributed by atoms with van der Waals surface area (Å²) >= 11 is 0. The number of nitrogens with zero attached hydrogens (tertiary/aromatic N) is 2. The van der Waals surface area contributed by atoms with E-state index in [1.54, 1.807) is 0 Å². The summed E-state index contributed by atoms with van der Waals surface area (Å²) in [5.41, 5.74) is 8.35. The van der Waals surface area contributed by atoms with Gasteiger partial charge in [-0.15, -0.1) is 69.8 Å². The number of aromatic nitrogens is 2. The number of benzene rings is 4. The van der Waals surface area contributed by atoms with Gasteiger partial charge in [-0.1, -0.05) is 148 Å². The summed E-state index contributed by atoms with van der Waals surface area (Å²) in [6, 6.07) is 32.8. The van der Waals surface area contributed by atoms with E-state index < -0.39 is 16.1 Å². The van der Waals surface area contributed by atoms with Crippen LogP contribution in [-0.2, 0) is 24.9 Å². The summed E-state index contributed by atoms with van der Waals surface area (Å²) in [6.07, 6.45) is 7.06. The summed E-state index contributed by atoms with van der Waals surface area (Å²) < 4.78 is 8.09. The van der Waals surface area contributed by atoms with Crippen molar-refractivity contribution in [2.24, 2.45) is 11.3 Å². The van der Waals surface area contributed by atoms with E-state index in [0.29, 0.717) is 6.17 Å². The fraction of sp³-hybridized carbons (Fsp3) is 0.389. The minimum Gasteiger partial charge on any atom is -0.512 e. The number of aliphatic hydroxyl groups is 1. The number of carbonyl (C=O) groups excluding carboxylic acids is 1. The summed E-state index contributed by atoms with van der Waals surface area (Å²) in [5.74, 6) is 0.437. The molecule has 1 N–H and O–H groups in total. The Balaban J connectivity index is 0.000000251. The molecular formula is C54H70IrN2O2Si2-2. The molecule has 4 nitrogen and oxygen atoms in total. The second-order valence-corrected chi connectivity index (χ2v) is 29.0. The number of aryl methyl sites for hydroxylation is 4. The SMILES string of the molecule is CCC(CC)/C(O)=C/C(=O)C(C)(CC)CC.Cc1[c-]c(-c2nccc3cc([Si](C)(C)C)ccc23)cc(C)c1.[2H]c1cc2cc([Si](C)(C)C)ccc2c(-c2[c-]c(C)cc(C)c2)n1.[Ir]. The van der Waals surface area contributed by atoms with Gasteiger partial charge in [0.05, 0.1) is 23.3 Å². The topological polar surface area (TPSA) is 63.1 Å². The summed E-state index contributed by atoms with van der Waals surface area (Å²) in [5, 5.41) is 17.5. The average molecular weight is 1030 g/mol. The maximum absolute atomic E-state index is 12.0. The fourth-order valence-corrected chi connectivity index (χ4v) is 9.78. The van der Waals surface area contributed by atoms with Crippen molar-refractivity contribution in [1.29, 1.82) is 0 Å². The average Bonchev–Trinajstić information content (AvgIpc) is 3.19. The number of aliphatic hydroxyl groups excluding tert-OH is 1. The number of fused-ring (bicyclic) bond motifs is 2. The molecule has 0 saturated carbocycles. The quantitative estimate of drug-likeness (QED) is 0.0608. The van der Waals surface area contributed by atoms with E-state index in [1.165, 1.54) is 38.3 Å². The van der Waals surface area contributed by atoms with Gasteiger partial charge < -0.3 is 15.1 Å². The van der Waals surface area contributed by atoms with Crippen LogP contribution in [0.1, 0.15) is 83.9 Å². The standard InChI is InChI=1S/2C20H22NSi.C14H26O2.Ir/c2*1-14-10-15(2)12-17(11-14)20-19-7-6-18(22(3,4)5)13-16(19)8-9-21-20;1-6-11(7-2)12(15)10-13(16)14(5,8-3)9-4;/h2*6-11,13H,1-5H3;10-11,15H,6-9H2,1-5H3;/q2*-1;;/b;;12-10-;/i9D;;;. The second-order valence-electron chi connectivity index (χ2n) is 18.9. The molecule has 2 heterocycles. The molecule has 0 saturated heterocycles. The van der Waals surface area contributed by atoms with Gasteiger partial charge in [0.1, 0.15) is 0 Å². The zero-order chi connectivity index (χ0) is 45.4. The molecule has 0 aliphatic rings. The van der Waals surface area contributed by atoms with E-state index >= 15 is 0 Å². The van der Waals surface area contributed by atoms with Crippen molar-refractivity contribution in [1.82, 2.24) is 9.97 Å².